The molecule has 2 amide bonds. The van der Waals surface area contributed by atoms with Gasteiger partial charge in [-0.3, -0.25) is 14.4 Å². The lowest BCUT2D eigenvalue weighted by Gasteiger charge is -2.19. The van der Waals surface area contributed by atoms with E-state index in [1.807, 2.05) is 20.8 Å². The Kier molecular flexibility index (Phi) is 45.9. The van der Waals surface area contributed by atoms with Crippen molar-refractivity contribution in [2.24, 2.45) is 0 Å². The summed E-state index contributed by atoms with van der Waals surface area (Å²) in [5.74, 6) is -0.0381. The maximum atomic E-state index is 12.1. The Hall–Kier alpha value is -1.47. The average Bonchev–Trinajstić information content (AvgIpc) is 3.21. The van der Waals surface area contributed by atoms with Crippen molar-refractivity contribution in [2.45, 2.75) is 129 Å². The SMILES string of the molecule is CC(C)(C)OC(=O)CCCCCCCCCCCCCCCCC(=O)NCCOCCOCCOCCOCCOCCOCCOCCOCCOCCNC(=O)CBr. The van der Waals surface area contributed by atoms with E-state index >= 15 is 0 Å². The highest BCUT2D eigenvalue weighted by Crippen LogP contribution is 2.15. The summed E-state index contributed by atoms with van der Waals surface area (Å²) in [5.41, 5.74) is -0.382. The van der Waals surface area contributed by atoms with Crippen LogP contribution < -0.4 is 10.6 Å². The Balaban J connectivity index is 3.18. The average molecular weight is 930 g/mol. The first-order valence-electron chi connectivity index (χ1n) is 22.8. The number of hydrogen-bond acceptors (Lipinski definition) is 13. The highest BCUT2D eigenvalue weighted by Gasteiger charge is 2.15. The van der Waals surface area contributed by atoms with Crippen LogP contribution in [0.25, 0.3) is 0 Å². The van der Waals surface area contributed by atoms with E-state index < -0.39 is 0 Å². The van der Waals surface area contributed by atoms with E-state index in [2.05, 4.69) is 26.6 Å². The number of amides is 2. The van der Waals surface area contributed by atoms with Gasteiger partial charge in [-0.15, -0.1) is 0 Å². The van der Waals surface area contributed by atoms with Crippen molar-refractivity contribution in [1.82, 2.24) is 10.6 Å². The van der Waals surface area contributed by atoms with Gasteiger partial charge < -0.3 is 58.0 Å². The molecule has 0 fully saturated rings. The minimum absolute atomic E-state index is 0.0590. The van der Waals surface area contributed by atoms with Crippen LogP contribution in [-0.2, 0) is 61.8 Å². The van der Waals surface area contributed by atoms with Crippen molar-refractivity contribution in [2.75, 3.05) is 137 Å². The molecule has 0 unspecified atom stereocenters. The summed E-state index contributed by atoms with van der Waals surface area (Å²) in [5, 5.41) is 5.93. The molecule has 0 atom stereocenters. The molecule has 356 valence electrons. The van der Waals surface area contributed by atoms with Gasteiger partial charge in [-0.2, -0.15) is 0 Å². The molecule has 0 radical (unpaired) electrons. The van der Waals surface area contributed by atoms with Gasteiger partial charge in [-0.05, 0) is 33.6 Å². The van der Waals surface area contributed by atoms with Crippen LogP contribution in [0, 0.1) is 0 Å². The second kappa shape index (κ2) is 47.0. The Labute approximate surface area is 371 Å². The molecule has 0 saturated carbocycles. The molecule has 16 heteroatoms. The summed E-state index contributed by atoms with van der Waals surface area (Å²) in [4.78, 5) is 34.8. The standard InChI is InChI=1S/C44H85BrN2O13/c1-44(2,3)60-43(50)19-17-15-13-11-9-7-5-4-6-8-10-12-14-16-18-41(48)46-20-22-51-24-26-53-28-30-55-32-34-57-36-38-59-39-37-58-35-33-56-31-29-54-27-25-52-23-21-47-42(49)40-45/h4-40H2,1-3H3,(H,46,48)(H,47,49). The van der Waals surface area contributed by atoms with Gasteiger partial charge in [0, 0.05) is 25.9 Å². The Morgan fingerprint density at radius 1 is 0.367 bits per heavy atom. The third-order valence-electron chi connectivity index (χ3n) is 8.69. The van der Waals surface area contributed by atoms with E-state index in [1.165, 1.54) is 64.2 Å². The fraction of sp³-hybridized carbons (Fsp3) is 0.932. The first-order chi connectivity index (χ1) is 29.2. The lowest BCUT2D eigenvalue weighted by atomic mass is 10.0. The zero-order chi connectivity index (χ0) is 43.9. The van der Waals surface area contributed by atoms with Gasteiger partial charge in [0.05, 0.1) is 124 Å². The first-order valence-corrected chi connectivity index (χ1v) is 23.9. The molecule has 0 aromatic carbocycles. The van der Waals surface area contributed by atoms with Gasteiger partial charge in [0.25, 0.3) is 0 Å². The summed E-state index contributed by atoms with van der Waals surface area (Å²) in [6.07, 6.45) is 18.0. The molecule has 0 aliphatic rings. The van der Waals surface area contributed by atoms with Crippen molar-refractivity contribution in [3.05, 3.63) is 0 Å². The molecule has 0 spiro atoms. The second-order valence-corrected chi connectivity index (χ2v) is 15.9. The Morgan fingerprint density at radius 3 is 0.900 bits per heavy atom. The van der Waals surface area contributed by atoms with Crippen molar-refractivity contribution in [3.63, 3.8) is 0 Å². The number of halogens is 1. The maximum absolute atomic E-state index is 12.1. The van der Waals surface area contributed by atoms with E-state index in [1.54, 1.807) is 0 Å². The predicted octanol–water partition coefficient (Wildman–Crippen LogP) is 6.35. The number of carbonyl (C=O) groups excluding carboxylic acids is 3. The molecule has 0 aromatic heterocycles. The van der Waals surface area contributed by atoms with Crippen molar-refractivity contribution in [1.29, 1.82) is 0 Å². The van der Waals surface area contributed by atoms with Crippen LogP contribution in [0.15, 0.2) is 0 Å². The molecule has 0 aliphatic heterocycles. The molecule has 2 N–H and O–H groups in total. The topological polar surface area (TPSA) is 168 Å². The van der Waals surface area contributed by atoms with Gasteiger partial charge in [0.2, 0.25) is 11.8 Å². The lowest BCUT2D eigenvalue weighted by molar-refractivity contribution is -0.155. The zero-order valence-electron chi connectivity index (χ0n) is 37.8. The van der Waals surface area contributed by atoms with Crippen LogP contribution in [0.4, 0.5) is 0 Å². The van der Waals surface area contributed by atoms with Crippen molar-refractivity contribution >= 4 is 33.7 Å². The molecule has 0 saturated heterocycles. The summed E-state index contributed by atoms with van der Waals surface area (Å²) in [6, 6.07) is 0. The van der Waals surface area contributed by atoms with Crippen molar-refractivity contribution in [3.8, 4) is 0 Å². The van der Waals surface area contributed by atoms with Crippen LogP contribution >= 0.6 is 15.9 Å². The maximum Gasteiger partial charge on any atom is 0.306 e. The molecule has 0 heterocycles. The van der Waals surface area contributed by atoms with Gasteiger partial charge >= 0.3 is 5.97 Å². The number of alkyl halides is 1. The van der Waals surface area contributed by atoms with E-state index in [0.717, 1.165) is 25.7 Å². The molecular weight excluding hydrogens is 844 g/mol. The number of hydrogen-bond donors (Lipinski definition) is 2. The number of nitrogens with one attached hydrogen (secondary N) is 2. The van der Waals surface area contributed by atoms with E-state index in [9.17, 15) is 14.4 Å². The molecule has 0 aromatic rings. The van der Waals surface area contributed by atoms with Crippen molar-refractivity contribution < 1.29 is 61.8 Å². The van der Waals surface area contributed by atoms with E-state index in [0.29, 0.717) is 150 Å². The smallest absolute Gasteiger partial charge is 0.306 e. The summed E-state index contributed by atoms with van der Waals surface area (Å²) in [7, 11) is 0. The number of rotatable bonds is 48. The highest BCUT2D eigenvalue weighted by atomic mass is 79.9. The number of unbranched alkanes of at least 4 members (excludes halogenated alkanes) is 13. The van der Waals surface area contributed by atoms with Gasteiger partial charge in [0.1, 0.15) is 5.60 Å². The van der Waals surface area contributed by atoms with Gasteiger partial charge in [-0.1, -0.05) is 93.0 Å². The Bertz CT molecular complexity index is 946. The van der Waals surface area contributed by atoms with E-state index in [-0.39, 0.29) is 23.4 Å². The van der Waals surface area contributed by atoms with Crippen LogP contribution in [0.3, 0.4) is 0 Å². The third kappa shape index (κ3) is 50.9. The quantitative estimate of drug-likeness (QED) is 0.0394. The largest absolute Gasteiger partial charge is 0.460 e. The monoisotopic (exact) mass is 929 g/mol. The summed E-state index contributed by atoms with van der Waals surface area (Å²) >= 11 is 3.08. The number of esters is 1. The number of ether oxygens (including phenoxy) is 10. The third-order valence-corrected chi connectivity index (χ3v) is 9.20. The molecular formula is C44H85BrN2O13. The minimum Gasteiger partial charge on any atom is -0.460 e. The summed E-state index contributed by atoms with van der Waals surface area (Å²) in [6.45, 7) is 15.5. The summed E-state index contributed by atoms with van der Waals surface area (Å²) < 4.78 is 54.6. The zero-order valence-corrected chi connectivity index (χ0v) is 39.4. The molecule has 0 bridgehead atoms. The lowest BCUT2D eigenvalue weighted by Crippen LogP contribution is -2.28. The predicted molar refractivity (Wildman–Crippen MR) is 237 cm³/mol. The van der Waals surface area contributed by atoms with E-state index in [4.69, 9.17) is 47.4 Å². The van der Waals surface area contributed by atoms with Crippen LogP contribution in [0.2, 0.25) is 0 Å². The molecule has 0 rings (SSSR count). The first kappa shape index (κ1) is 58.5. The second-order valence-electron chi connectivity index (χ2n) is 15.4. The van der Waals surface area contributed by atoms with Crippen LogP contribution in [0.5, 0.6) is 0 Å². The van der Waals surface area contributed by atoms with Crippen LogP contribution in [-0.4, -0.2) is 161 Å². The fourth-order valence-electron chi connectivity index (χ4n) is 5.59. The van der Waals surface area contributed by atoms with Gasteiger partial charge in [0.15, 0.2) is 0 Å². The molecule has 15 nitrogen and oxygen atoms in total. The highest BCUT2D eigenvalue weighted by molar-refractivity contribution is 9.09. The molecule has 0 aliphatic carbocycles. The fourth-order valence-corrected chi connectivity index (χ4v) is 5.79. The number of carbonyl (C=O) groups is 3. The normalized spacial score (nSPS) is 11.6. The van der Waals surface area contributed by atoms with Crippen LogP contribution in [0.1, 0.15) is 124 Å². The van der Waals surface area contributed by atoms with Gasteiger partial charge in [-0.25, -0.2) is 0 Å². The molecule has 60 heavy (non-hydrogen) atoms. The minimum atomic E-state index is -0.382. The Morgan fingerprint density at radius 2 is 0.617 bits per heavy atom.